The van der Waals surface area contributed by atoms with E-state index in [1.807, 2.05) is 36.1 Å². The standard InChI is InChI=1S/C15H23N3O/c1-11-4-6-13(7-5-11)14(16)15(19)18-9-8-17(3)10-12(18)2/h4-7,12,14H,8-10,16H2,1-3H3. The molecule has 19 heavy (non-hydrogen) atoms. The van der Waals surface area contributed by atoms with Crippen LogP contribution in [0.4, 0.5) is 0 Å². The van der Waals surface area contributed by atoms with Crippen LogP contribution in [0.3, 0.4) is 0 Å². The lowest BCUT2D eigenvalue weighted by molar-refractivity contribution is -0.137. The minimum Gasteiger partial charge on any atom is -0.336 e. The van der Waals surface area contributed by atoms with Crippen molar-refractivity contribution in [2.45, 2.75) is 25.9 Å². The lowest BCUT2D eigenvalue weighted by Crippen LogP contribution is -2.54. The third-order valence-corrected chi connectivity index (χ3v) is 3.82. The van der Waals surface area contributed by atoms with Crippen LogP contribution in [-0.2, 0) is 4.79 Å². The average molecular weight is 261 g/mol. The molecule has 1 aliphatic rings. The average Bonchev–Trinajstić information content (AvgIpc) is 2.38. The highest BCUT2D eigenvalue weighted by molar-refractivity contribution is 5.83. The molecule has 1 heterocycles. The molecule has 0 bridgehead atoms. The van der Waals surface area contributed by atoms with Gasteiger partial charge in [0.05, 0.1) is 0 Å². The van der Waals surface area contributed by atoms with Gasteiger partial charge < -0.3 is 15.5 Å². The van der Waals surface area contributed by atoms with Gasteiger partial charge in [-0.2, -0.15) is 0 Å². The van der Waals surface area contributed by atoms with E-state index in [0.717, 1.165) is 25.2 Å². The molecule has 1 amide bonds. The summed E-state index contributed by atoms with van der Waals surface area (Å²) in [4.78, 5) is 16.6. The molecular weight excluding hydrogens is 238 g/mol. The summed E-state index contributed by atoms with van der Waals surface area (Å²) in [6.45, 7) is 6.69. The largest absolute Gasteiger partial charge is 0.336 e. The van der Waals surface area contributed by atoms with Crippen molar-refractivity contribution < 1.29 is 4.79 Å². The van der Waals surface area contributed by atoms with Crippen molar-refractivity contribution in [1.29, 1.82) is 0 Å². The Kier molecular flexibility index (Phi) is 4.22. The van der Waals surface area contributed by atoms with Crippen LogP contribution in [-0.4, -0.2) is 48.4 Å². The van der Waals surface area contributed by atoms with Crippen LogP contribution in [0.1, 0.15) is 24.1 Å². The van der Waals surface area contributed by atoms with Crippen LogP contribution in [0.5, 0.6) is 0 Å². The molecule has 0 spiro atoms. The van der Waals surface area contributed by atoms with E-state index in [4.69, 9.17) is 5.73 Å². The zero-order valence-electron chi connectivity index (χ0n) is 12.0. The van der Waals surface area contributed by atoms with E-state index in [9.17, 15) is 4.79 Å². The second-order valence-electron chi connectivity index (χ2n) is 5.53. The van der Waals surface area contributed by atoms with E-state index in [2.05, 4.69) is 18.9 Å². The van der Waals surface area contributed by atoms with E-state index in [1.165, 1.54) is 5.56 Å². The first kappa shape index (κ1) is 14.0. The van der Waals surface area contributed by atoms with E-state index in [0.29, 0.717) is 0 Å². The van der Waals surface area contributed by atoms with Crippen molar-refractivity contribution in [3.8, 4) is 0 Å². The summed E-state index contributed by atoms with van der Waals surface area (Å²) in [7, 11) is 2.08. The molecule has 4 nitrogen and oxygen atoms in total. The van der Waals surface area contributed by atoms with Gasteiger partial charge in [0.2, 0.25) is 5.91 Å². The summed E-state index contributed by atoms with van der Waals surface area (Å²) in [5.74, 6) is 0.0319. The normalized spacial score (nSPS) is 22.3. The SMILES string of the molecule is Cc1ccc(C(N)C(=O)N2CCN(C)CC2C)cc1. The lowest BCUT2D eigenvalue weighted by atomic mass is 10.0. The Morgan fingerprint density at radius 2 is 1.95 bits per heavy atom. The molecule has 0 radical (unpaired) electrons. The molecule has 1 aliphatic heterocycles. The number of aryl methyl sites for hydroxylation is 1. The predicted octanol–water partition coefficient (Wildman–Crippen LogP) is 1.16. The van der Waals surface area contributed by atoms with E-state index in [1.54, 1.807) is 0 Å². The number of piperazine rings is 1. The van der Waals surface area contributed by atoms with Gasteiger partial charge in [0, 0.05) is 25.7 Å². The Labute approximate surface area is 115 Å². The van der Waals surface area contributed by atoms with Gasteiger partial charge in [-0.25, -0.2) is 0 Å². The minimum absolute atomic E-state index is 0.0319. The molecule has 0 aromatic heterocycles. The molecule has 2 atom stereocenters. The Morgan fingerprint density at radius 1 is 1.32 bits per heavy atom. The summed E-state index contributed by atoms with van der Waals surface area (Å²) < 4.78 is 0. The molecule has 1 saturated heterocycles. The number of benzene rings is 1. The minimum atomic E-state index is -0.550. The van der Waals surface area contributed by atoms with Gasteiger partial charge in [0.25, 0.3) is 0 Å². The number of nitrogens with two attached hydrogens (primary N) is 1. The molecule has 4 heteroatoms. The van der Waals surface area contributed by atoms with Crippen LogP contribution in [0.2, 0.25) is 0 Å². The molecule has 1 aromatic rings. The fourth-order valence-corrected chi connectivity index (χ4v) is 2.56. The Balaban J connectivity index is 2.08. The van der Waals surface area contributed by atoms with Gasteiger partial charge in [-0.1, -0.05) is 29.8 Å². The highest BCUT2D eigenvalue weighted by Crippen LogP contribution is 2.17. The Hall–Kier alpha value is -1.39. The molecule has 2 rings (SSSR count). The number of carbonyl (C=O) groups excluding carboxylic acids is 1. The molecule has 104 valence electrons. The van der Waals surface area contributed by atoms with Crippen molar-refractivity contribution in [3.05, 3.63) is 35.4 Å². The number of likely N-dealkylation sites (N-methyl/N-ethyl adjacent to an activating group) is 1. The molecule has 0 aliphatic carbocycles. The summed E-state index contributed by atoms with van der Waals surface area (Å²) in [5.41, 5.74) is 8.18. The number of nitrogens with zero attached hydrogens (tertiary/aromatic N) is 2. The number of carbonyl (C=O) groups is 1. The van der Waals surface area contributed by atoms with Gasteiger partial charge in [-0.05, 0) is 26.5 Å². The first-order chi connectivity index (χ1) is 8.99. The van der Waals surface area contributed by atoms with Gasteiger partial charge in [0.15, 0.2) is 0 Å². The molecule has 1 aromatic carbocycles. The molecule has 0 saturated carbocycles. The monoisotopic (exact) mass is 261 g/mol. The second kappa shape index (κ2) is 5.72. The fraction of sp³-hybridized carbons (Fsp3) is 0.533. The van der Waals surface area contributed by atoms with E-state index < -0.39 is 6.04 Å². The zero-order valence-corrected chi connectivity index (χ0v) is 12.0. The Bertz CT molecular complexity index is 443. The third kappa shape index (κ3) is 3.14. The van der Waals surface area contributed by atoms with Crippen LogP contribution < -0.4 is 5.73 Å². The van der Waals surface area contributed by atoms with Crippen molar-refractivity contribution in [2.24, 2.45) is 5.73 Å². The molecule has 2 unspecified atom stereocenters. The van der Waals surface area contributed by atoms with Gasteiger partial charge in [-0.15, -0.1) is 0 Å². The van der Waals surface area contributed by atoms with Gasteiger partial charge in [0.1, 0.15) is 6.04 Å². The number of hydrogen-bond donors (Lipinski definition) is 1. The van der Waals surface area contributed by atoms with Crippen LogP contribution in [0, 0.1) is 6.92 Å². The fourth-order valence-electron chi connectivity index (χ4n) is 2.56. The van der Waals surface area contributed by atoms with Crippen molar-refractivity contribution in [1.82, 2.24) is 9.80 Å². The molecular formula is C15H23N3O. The summed E-state index contributed by atoms with van der Waals surface area (Å²) >= 11 is 0. The van der Waals surface area contributed by atoms with Crippen LogP contribution in [0.15, 0.2) is 24.3 Å². The highest BCUT2D eigenvalue weighted by atomic mass is 16.2. The summed E-state index contributed by atoms with van der Waals surface area (Å²) in [5, 5.41) is 0. The maximum Gasteiger partial charge on any atom is 0.244 e. The quantitative estimate of drug-likeness (QED) is 0.869. The highest BCUT2D eigenvalue weighted by Gasteiger charge is 2.29. The number of hydrogen-bond acceptors (Lipinski definition) is 3. The number of amides is 1. The smallest absolute Gasteiger partial charge is 0.244 e. The summed E-state index contributed by atoms with van der Waals surface area (Å²) in [6, 6.07) is 7.55. The first-order valence-electron chi connectivity index (χ1n) is 6.80. The summed E-state index contributed by atoms with van der Waals surface area (Å²) in [6.07, 6.45) is 0. The van der Waals surface area contributed by atoms with E-state index in [-0.39, 0.29) is 11.9 Å². The second-order valence-corrected chi connectivity index (χ2v) is 5.53. The number of rotatable bonds is 2. The molecule has 1 fully saturated rings. The zero-order chi connectivity index (χ0) is 14.0. The topological polar surface area (TPSA) is 49.6 Å². The predicted molar refractivity (Wildman–Crippen MR) is 76.8 cm³/mol. The van der Waals surface area contributed by atoms with Gasteiger partial charge >= 0.3 is 0 Å². The van der Waals surface area contributed by atoms with Crippen LogP contribution >= 0.6 is 0 Å². The van der Waals surface area contributed by atoms with Crippen molar-refractivity contribution in [2.75, 3.05) is 26.7 Å². The maximum absolute atomic E-state index is 12.5. The maximum atomic E-state index is 12.5. The van der Waals surface area contributed by atoms with Crippen molar-refractivity contribution in [3.63, 3.8) is 0 Å². The Morgan fingerprint density at radius 3 is 2.53 bits per heavy atom. The van der Waals surface area contributed by atoms with Crippen LogP contribution in [0.25, 0.3) is 0 Å². The van der Waals surface area contributed by atoms with Crippen molar-refractivity contribution >= 4 is 5.91 Å². The van der Waals surface area contributed by atoms with Gasteiger partial charge in [-0.3, -0.25) is 4.79 Å². The lowest BCUT2D eigenvalue weighted by Gasteiger charge is -2.39. The molecule has 2 N–H and O–H groups in total. The van der Waals surface area contributed by atoms with E-state index >= 15 is 0 Å². The third-order valence-electron chi connectivity index (χ3n) is 3.82. The first-order valence-corrected chi connectivity index (χ1v) is 6.80.